The van der Waals surface area contributed by atoms with Gasteiger partial charge >= 0.3 is 5.97 Å². The molecule has 0 fully saturated rings. The van der Waals surface area contributed by atoms with Crippen molar-refractivity contribution in [2.75, 3.05) is 11.9 Å². The van der Waals surface area contributed by atoms with Crippen LogP contribution in [-0.4, -0.2) is 43.8 Å². The Hall–Kier alpha value is -2.41. The molecule has 1 atom stereocenters. The number of aliphatic hydroxyl groups excluding tert-OH is 1. The molecule has 1 unspecified atom stereocenters. The Morgan fingerprint density at radius 1 is 1.55 bits per heavy atom. The molecular weight excluding hydrogens is 260 g/mol. The van der Waals surface area contributed by atoms with Crippen LogP contribution in [0.2, 0.25) is 0 Å². The molecule has 7 heteroatoms. The van der Waals surface area contributed by atoms with Crippen molar-refractivity contribution in [2.45, 2.75) is 20.0 Å². The highest BCUT2D eigenvalue weighted by molar-refractivity contribution is 5.87. The first-order chi connectivity index (χ1) is 9.47. The Balaban J connectivity index is 2.29. The van der Waals surface area contributed by atoms with Crippen LogP contribution in [-0.2, 0) is 0 Å². The minimum absolute atomic E-state index is 0.108. The van der Waals surface area contributed by atoms with E-state index in [-0.39, 0.29) is 5.69 Å². The molecule has 0 aliphatic heterocycles. The molecule has 106 valence electrons. The Labute approximate surface area is 115 Å². The second-order valence-corrected chi connectivity index (χ2v) is 4.56. The third-order valence-corrected chi connectivity index (χ3v) is 2.71. The van der Waals surface area contributed by atoms with Gasteiger partial charge in [-0.1, -0.05) is 0 Å². The average molecular weight is 276 g/mol. The number of carboxylic acids is 1. The summed E-state index contributed by atoms with van der Waals surface area (Å²) in [6, 6.07) is 1.52. The quantitative estimate of drug-likeness (QED) is 0.654. The number of aliphatic hydroxyl groups is 1. The number of aromatic nitrogens is 3. The summed E-state index contributed by atoms with van der Waals surface area (Å²) in [5, 5.41) is 21.1. The van der Waals surface area contributed by atoms with E-state index in [1.807, 2.05) is 6.92 Å². The van der Waals surface area contributed by atoms with E-state index in [1.54, 1.807) is 19.3 Å². The molecule has 2 rings (SSSR count). The molecule has 0 spiro atoms. The van der Waals surface area contributed by atoms with Crippen LogP contribution in [0.5, 0.6) is 0 Å². The summed E-state index contributed by atoms with van der Waals surface area (Å²) in [7, 11) is 0. The van der Waals surface area contributed by atoms with E-state index in [9.17, 15) is 9.90 Å². The molecule has 0 amide bonds. The highest BCUT2D eigenvalue weighted by Crippen LogP contribution is 2.22. The molecule has 0 aromatic carbocycles. The lowest BCUT2D eigenvalue weighted by atomic mass is 10.1. The van der Waals surface area contributed by atoms with Crippen molar-refractivity contribution >= 4 is 11.9 Å². The van der Waals surface area contributed by atoms with Crippen molar-refractivity contribution in [3.63, 3.8) is 0 Å². The Morgan fingerprint density at radius 3 is 2.90 bits per heavy atom. The molecule has 7 nitrogen and oxygen atoms in total. The zero-order chi connectivity index (χ0) is 14.7. The van der Waals surface area contributed by atoms with Crippen LogP contribution in [0.15, 0.2) is 18.5 Å². The standard InChI is InChI=1S/C13H16N4O3/c1-7-4-15-13(16-5-8(2)18)17-11(7)9-3-10(12(19)20)14-6-9/h3-4,6,8,14,18H,5H2,1-2H3,(H,19,20)(H,15,16,17). The average Bonchev–Trinajstić information content (AvgIpc) is 2.87. The monoisotopic (exact) mass is 276 g/mol. The topological polar surface area (TPSA) is 111 Å². The van der Waals surface area contributed by atoms with Crippen LogP contribution in [0.1, 0.15) is 23.0 Å². The lowest BCUT2D eigenvalue weighted by Gasteiger charge is -2.09. The lowest BCUT2D eigenvalue weighted by molar-refractivity contribution is 0.0691. The maximum Gasteiger partial charge on any atom is 0.352 e. The van der Waals surface area contributed by atoms with Crippen LogP contribution in [0.4, 0.5) is 5.95 Å². The summed E-state index contributed by atoms with van der Waals surface area (Å²) in [5.41, 5.74) is 2.28. The molecule has 0 saturated carbocycles. The van der Waals surface area contributed by atoms with E-state index in [0.717, 1.165) is 5.56 Å². The second kappa shape index (κ2) is 5.70. The van der Waals surface area contributed by atoms with Gasteiger partial charge in [-0.2, -0.15) is 0 Å². The SMILES string of the molecule is Cc1cnc(NCC(C)O)nc1-c1c[nH]c(C(=O)O)c1. The van der Waals surface area contributed by atoms with Crippen LogP contribution in [0.25, 0.3) is 11.3 Å². The summed E-state index contributed by atoms with van der Waals surface area (Å²) < 4.78 is 0. The molecule has 4 N–H and O–H groups in total. The number of aromatic carboxylic acids is 1. The minimum Gasteiger partial charge on any atom is -0.477 e. The molecule has 0 aliphatic carbocycles. The van der Waals surface area contributed by atoms with Gasteiger partial charge < -0.3 is 20.5 Å². The molecule has 0 aliphatic rings. The van der Waals surface area contributed by atoms with Crippen LogP contribution in [0, 0.1) is 6.92 Å². The van der Waals surface area contributed by atoms with Gasteiger partial charge in [-0.05, 0) is 25.5 Å². The number of aromatic amines is 1. The van der Waals surface area contributed by atoms with Crippen LogP contribution < -0.4 is 5.32 Å². The predicted octanol–water partition coefficient (Wildman–Crippen LogP) is 1.27. The third-order valence-electron chi connectivity index (χ3n) is 2.71. The smallest absolute Gasteiger partial charge is 0.352 e. The fraction of sp³-hybridized carbons (Fsp3) is 0.308. The van der Waals surface area contributed by atoms with Gasteiger partial charge in [0.15, 0.2) is 0 Å². The summed E-state index contributed by atoms with van der Waals surface area (Å²) in [5.74, 6) is -0.625. The summed E-state index contributed by atoms with van der Waals surface area (Å²) in [4.78, 5) is 22.0. The zero-order valence-corrected chi connectivity index (χ0v) is 11.2. The van der Waals surface area contributed by atoms with Gasteiger partial charge in [-0.15, -0.1) is 0 Å². The van der Waals surface area contributed by atoms with E-state index >= 15 is 0 Å². The number of H-pyrrole nitrogens is 1. The number of anilines is 1. The first-order valence-corrected chi connectivity index (χ1v) is 6.15. The fourth-order valence-corrected chi connectivity index (χ4v) is 1.71. The Bertz CT molecular complexity index is 622. The van der Waals surface area contributed by atoms with E-state index in [1.165, 1.54) is 6.07 Å². The van der Waals surface area contributed by atoms with E-state index in [2.05, 4.69) is 20.3 Å². The van der Waals surface area contributed by atoms with Gasteiger partial charge in [0.1, 0.15) is 5.69 Å². The van der Waals surface area contributed by atoms with Crippen molar-refractivity contribution in [2.24, 2.45) is 0 Å². The number of aryl methyl sites for hydroxylation is 1. The normalized spacial score (nSPS) is 12.2. The molecule has 2 aromatic rings. The van der Waals surface area contributed by atoms with Crippen LogP contribution >= 0.6 is 0 Å². The highest BCUT2D eigenvalue weighted by atomic mass is 16.4. The fourth-order valence-electron chi connectivity index (χ4n) is 1.71. The van der Waals surface area contributed by atoms with Crippen molar-refractivity contribution in [1.29, 1.82) is 0 Å². The number of carbonyl (C=O) groups is 1. The maximum atomic E-state index is 10.9. The van der Waals surface area contributed by atoms with Gasteiger partial charge in [-0.25, -0.2) is 14.8 Å². The molecule has 0 radical (unpaired) electrons. The predicted molar refractivity (Wildman–Crippen MR) is 73.7 cm³/mol. The van der Waals surface area contributed by atoms with Crippen LogP contribution in [0.3, 0.4) is 0 Å². The van der Waals surface area contributed by atoms with Gasteiger partial charge in [0.25, 0.3) is 0 Å². The molecule has 2 aromatic heterocycles. The number of hydrogen-bond donors (Lipinski definition) is 4. The van der Waals surface area contributed by atoms with Crippen molar-refractivity contribution in [3.8, 4) is 11.3 Å². The van der Waals surface area contributed by atoms with Gasteiger partial charge in [-0.3, -0.25) is 0 Å². The van der Waals surface area contributed by atoms with Crippen molar-refractivity contribution in [3.05, 3.63) is 29.7 Å². The summed E-state index contributed by atoms with van der Waals surface area (Å²) in [6.45, 7) is 3.85. The first kappa shape index (κ1) is 14.0. The van der Waals surface area contributed by atoms with Crippen molar-refractivity contribution in [1.82, 2.24) is 15.0 Å². The number of hydrogen-bond acceptors (Lipinski definition) is 5. The summed E-state index contributed by atoms with van der Waals surface area (Å²) in [6.07, 6.45) is 2.74. The third kappa shape index (κ3) is 3.12. The molecule has 2 heterocycles. The van der Waals surface area contributed by atoms with E-state index < -0.39 is 12.1 Å². The summed E-state index contributed by atoms with van der Waals surface area (Å²) >= 11 is 0. The highest BCUT2D eigenvalue weighted by Gasteiger charge is 2.12. The number of carboxylic acid groups (broad SMARTS) is 1. The van der Waals surface area contributed by atoms with Gasteiger partial charge in [0.2, 0.25) is 5.95 Å². The van der Waals surface area contributed by atoms with E-state index in [4.69, 9.17) is 5.11 Å². The largest absolute Gasteiger partial charge is 0.477 e. The first-order valence-electron chi connectivity index (χ1n) is 6.15. The Kier molecular flexibility index (Phi) is 3.99. The molecule has 0 bridgehead atoms. The molecule has 20 heavy (non-hydrogen) atoms. The number of rotatable bonds is 5. The number of nitrogens with zero attached hydrogens (tertiary/aromatic N) is 2. The van der Waals surface area contributed by atoms with Crippen molar-refractivity contribution < 1.29 is 15.0 Å². The van der Waals surface area contributed by atoms with Gasteiger partial charge in [0, 0.05) is 24.5 Å². The Morgan fingerprint density at radius 2 is 2.30 bits per heavy atom. The van der Waals surface area contributed by atoms with E-state index in [0.29, 0.717) is 23.8 Å². The maximum absolute atomic E-state index is 10.9. The zero-order valence-electron chi connectivity index (χ0n) is 11.2. The van der Waals surface area contributed by atoms with Gasteiger partial charge in [0.05, 0.1) is 11.8 Å². The second-order valence-electron chi connectivity index (χ2n) is 4.56. The molecule has 0 saturated heterocycles. The molecular formula is C13H16N4O3. The number of nitrogens with one attached hydrogen (secondary N) is 2. The minimum atomic E-state index is -1.02. The lowest BCUT2D eigenvalue weighted by Crippen LogP contribution is -2.17.